The molecule has 1 N–H and O–H groups in total. The third-order valence-electron chi connectivity index (χ3n) is 4.17. The van der Waals surface area contributed by atoms with E-state index in [0.29, 0.717) is 17.4 Å². The van der Waals surface area contributed by atoms with Gasteiger partial charge in [0.25, 0.3) is 0 Å². The first-order valence-electron chi connectivity index (χ1n) is 7.89. The van der Waals surface area contributed by atoms with E-state index in [1.165, 1.54) is 12.0 Å². The van der Waals surface area contributed by atoms with E-state index >= 15 is 0 Å². The van der Waals surface area contributed by atoms with Crippen LogP contribution in [0.3, 0.4) is 0 Å². The molecule has 1 aromatic rings. The Labute approximate surface area is 123 Å². The molecule has 1 saturated carbocycles. The summed E-state index contributed by atoms with van der Waals surface area (Å²) in [7, 11) is 0. The summed E-state index contributed by atoms with van der Waals surface area (Å²) in [5.74, 6) is 1.60. The minimum absolute atomic E-state index is 0.405. The Balaban J connectivity index is 2.11. The molecule has 112 valence electrons. The zero-order valence-corrected chi connectivity index (χ0v) is 13.3. The zero-order chi connectivity index (χ0) is 14.6. The van der Waals surface area contributed by atoms with Crippen LogP contribution < -0.4 is 10.1 Å². The predicted molar refractivity (Wildman–Crippen MR) is 82.9 cm³/mol. The lowest BCUT2D eigenvalue weighted by atomic mass is 9.98. The molecule has 0 amide bonds. The summed E-state index contributed by atoms with van der Waals surface area (Å²) >= 11 is 0. The van der Waals surface area contributed by atoms with Gasteiger partial charge in [-0.05, 0) is 48.8 Å². The van der Waals surface area contributed by atoms with Crippen molar-refractivity contribution in [2.75, 3.05) is 13.2 Å². The first-order valence-corrected chi connectivity index (χ1v) is 7.89. The lowest BCUT2D eigenvalue weighted by Gasteiger charge is -2.21. The number of nitrogens with zero attached hydrogens (tertiary/aromatic N) is 1. The molecule has 2 rings (SSSR count). The summed E-state index contributed by atoms with van der Waals surface area (Å²) in [5, 5.41) is 3.69. The first kappa shape index (κ1) is 15.3. The molecule has 1 heterocycles. The van der Waals surface area contributed by atoms with E-state index in [9.17, 15) is 0 Å². The van der Waals surface area contributed by atoms with Crippen LogP contribution in [0.4, 0.5) is 0 Å². The maximum Gasteiger partial charge on any atom is 0.137 e. The lowest BCUT2D eigenvalue weighted by molar-refractivity contribution is 0.314. The minimum atomic E-state index is 0.405. The molecule has 1 aliphatic carbocycles. The monoisotopic (exact) mass is 276 g/mol. The Morgan fingerprint density at radius 3 is 2.70 bits per heavy atom. The minimum Gasteiger partial charge on any atom is -0.492 e. The van der Waals surface area contributed by atoms with E-state index < -0.39 is 0 Å². The van der Waals surface area contributed by atoms with Crippen molar-refractivity contribution >= 4 is 0 Å². The Hall–Kier alpha value is -1.09. The topological polar surface area (TPSA) is 34.2 Å². The van der Waals surface area contributed by atoms with Crippen LogP contribution in [0.15, 0.2) is 18.5 Å². The predicted octanol–water partition coefficient (Wildman–Crippen LogP) is 3.96. The fraction of sp³-hybridized carbons (Fsp3) is 0.706. The van der Waals surface area contributed by atoms with Crippen molar-refractivity contribution in [3.8, 4) is 5.75 Å². The molecule has 1 aliphatic rings. The van der Waals surface area contributed by atoms with Crippen molar-refractivity contribution in [3.63, 3.8) is 0 Å². The summed E-state index contributed by atoms with van der Waals surface area (Å²) < 4.78 is 5.71. The van der Waals surface area contributed by atoms with Crippen molar-refractivity contribution in [2.24, 2.45) is 11.3 Å². The molecule has 0 bridgehead atoms. The van der Waals surface area contributed by atoms with Crippen LogP contribution in [0.2, 0.25) is 0 Å². The van der Waals surface area contributed by atoms with Crippen molar-refractivity contribution in [2.45, 2.75) is 53.0 Å². The molecule has 0 aromatic carbocycles. The van der Waals surface area contributed by atoms with Gasteiger partial charge in [0.15, 0.2) is 0 Å². The van der Waals surface area contributed by atoms with E-state index in [2.05, 4.69) is 44.1 Å². The van der Waals surface area contributed by atoms with Gasteiger partial charge in [0.05, 0.1) is 12.8 Å². The Morgan fingerprint density at radius 2 is 2.10 bits per heavy atom. The molecule has 3 nitrogen and oxygen atoms in total. The van der Waals surface area contributed by atoms with Gasteiger partial charge in [0.2, 0.25) is 0 Å². The number of nitrogens with one attached hydrogen (secondary N) is 1. The highest BCUT2D eigenvalue weighted by Crippen LogP contribution is 2.57. The maximum atomic E-state index is 5.71. The van der Waals surface area contributed by atoms with Crippen molar-refractivity contribution in [1.29, 1.82) is 0 Å². The van der Waals surface area contributed by atoms with Crippen molar-refractivity contribution in [1.82, 2.24) is 10.3 Å². The highest BCUT2D eigenvalue weighted by atomic mass is 16.5. The third kappa shape index (κ3) is 3.72. The van der Waals surface area contributed by atoms with Gasteiger partial charge in [-0.2, -0.15) is 0 Å². The molecular weight excluding hydrogens is 248 g/mol. The Morgan fingerprint density at radius 1 is 1.35 bits per heavy atom. The molecule has 3 heteroatoms. The van der Waals surface area contributed by atoms with Gasteiger partial charge in [0.1, 0.15) is 5.75 Å². The molecule has 2 unspecified atom stereocenters. The fourth-order valence-corrected chi connectivity index (χ4v) is 2.77. The van der Waals surface area contributed by atoms with Crippen LogP contribution in [0, 0.1) is 11.3 Å². The molecule has 0 spiro atoms. The van der Waals surface area contributed by atoms with Gasteiger partial charge >= 0.3 is 0 Å². The van der Waals surface area contributed by atoms with Gasteiger partial charge in [-0.1, -0.05) is 27.7 Å². The van der Waals surface area contributed by atoms with Gasteiger partial charge in [-0.3, -0.25) is 4.98 Å². The van der Waals surface area contributed by atoms with Crippen LogP contribution >= 0.6 is 0 Å². The number of rotatable bonds is 8. The average molecular weight is 276 g/mol. The highest BCUT2D eigenvalue weighted by Gasteiger charge is 2.50. The van der Waals surface area contributed by atoms with Gasteiger partial charge in [-0.25, -0.2) is 0 Å². The van der Waals surface area contributed by atoms with Crippen molar-refractivity contribution < 1.29 is 4.74 Å². The second-order valence-electron chi connectivity index (χ2n) is 6.53. The van der Waals surface area contributed by atoms with Gasteiger partial charge in [-0.15, -0.1) is 0 Å². The van der Waals surface area contributed by atoms with Crippen LogP contribution in [-0.2, 0) is 0 Å². The van der Waals surface area contributed by atoms with Crippen LogP contribution in [0.1, 0.15) is 58.6 Å². The Bertz CT molecular complexity index is 431. The van der Waals surface area contributed by atoms with Crippen molar-refractivity contribution in [3.05, 3.63) is 24.0 Å². The molecule has 0 radical (unpaired) electrons. The highest BCUT2D eigenvalue weighted by molar-refractivity contribution is 5.28. The molecule has 0 aliphatic heterocycles. The summed E-state index contributed by atoms with van der Waals surface area (Å²) in [6, 6.07) is 2.56. The second-order valence-corrected chi connectivity index (χ2v) is 6.53. The summed E-state index contributed by atoms with van der Waals surface area (Å²) in [6.07, 6.45) is 7.27. The maximum absolute atomic E-state index is 5.71. The van der Waals surface area contributed by atoms with Gasteiger partial charge in [0, 0.05) is 12.2 Å². The lowest BCUT2D eigenvalue weighted by Crippen LogP contribution is -2.25. The number of pyridine rings is 1. The Kier molecular flexibility index (Phi) is 5.03. The van der Waals surface area contributed by atoms with Gasteiger partial charge < -0.3 is 10.1 Å². The number of aromatic nitrogens is 1. The van der Waals surface area contributed by atoms with Crippen LogP contribution in [0.25, 0.3) is 0 Å². The largest absolute Gasteiger partial charge is 0.492 e. The normalized spacial score (nSPS) is 21.5. The van der Waals surface area contributed by atoms with Crippen LogP contribution in [0.5, 0.6) is 5.75 Å². The van der Waals surface area contributed by atoms with E-state index in [1.807, 2.05) is 12.4 Å². The summed E-state index contributed by atoms with van der Waals surface area (Å²) in [5.41, 5.74) is 1.72. The summed E-state index contributed by atoms with van der Waals surface area (Å²) in [6.45, 7) is 10.8. The smallest absolute Gasteiger partial charge is 0.137 e. The van der Waals surface area contributed by atoms with E-state index in [4.69, 9.17) is 4.74 Å². The molecule has 2 atom stereocenters. The van der Waals surface area contributed by atoms with E-state index in [1.54, 1.807) is 0 Å². The number of hydrogen-bond donors (Lipinski definition) is 1. The SMILES string of the molecule is CCCNC(c1cncc(OCCC)c1)C1CC1(C)C. The van der Waals surface area contributed by atoms with Crippen LogP contribution in [-0.4, -0.2) is 18.1 Å². The number of ether oxygens (including phenoxy) is 1. The van der Waals surface area contributed by atoms with E-state index in [-0.39, 0.29) is 0 Å². The average Bonchev–Trinajstić information content (AvgIpc) is 3.06. The second kappa shape index (κ2) is 6.57. The number of hydrogen-bond acceptors (Lipinski definition) is 3. The summed E-state index contributed by atoms with van der Waals surface area (Å²) in [4.78, 5) is 4.36. The van der Waals surface area contributed by atoms with E-state index in [0.717, 1.165) is 31.7 Å². The quantitative estimate of drug-likeness (QED) is 0.780. The third-order valence-corrected chi connectivity index (χ3v) is 4.17. The molecule has 1 fully saturated rings. The molecule has 1 aromatic heterocycles. The fourth-order valence-electron chi connectivity index (χ4n) is 2.77. The molecular formula is C17H28N2O. The molecule has 0 saturated heterocycles. The molecule has 20 heavy (non-hydrogen) atoms. The standard InChI is InChI=1S/C17H28N2O/c1-5-7-19-16(15-10-17(15,3)4)13-9-14(12-18-11-13)20-8-6-2/h9,11-12,15-16,19H,5-8,10H2,1-4H3. The zero-order valence-electron chi connectivity index (χ0n) is 13.3. The first-order chi connectivity index (χ1) is 9.58.